The highest BCUT2D eigenvalue weighted by atomic mass is 32.2. The molecule has 1 heterocycles. The summed E-state index contributed by atoms with van der Waals surface area (Å²) in [6, 6.07) is 0.341. The molecule has 0 saturated heterocycles. The summed E-state index contributed by atoms with van der Waals surface area (Å²) in [7, 11) is 0. The molecule has 1 fully saturated rings. The van der Waals surface area contributed by atoms with Crippen molar-refractivity contribution in [1.82, 2.24) is 10.3 Å². The van der Waals surface area contributed by atoms with Crippen LogP contribution in [-0.4, -0.2) is 27.9 Å². The third-order valence-corrected chi connectivity index (χ3v) is 4.98. The fourth-order valence-corrected chi connectivity index (χ4v) is 3.92. The summed E-state index contributed by atoms with van der Waals surface area (Å²) in [5.74, 6) is 1.15. The first-order valence-corrected chi connectivity index (χ1v) is 7.96. The Morgan fingerprint density at radius 1 is 1.65 bits per heavy atom. The van der Waals surface area contributed by atoms with Crippen molar-refractivity contribution in [3.63, 3.8) is 0 Å². The summed E-state index contributed by atoms with van der Waals surface area (Å²) >= 11 is 3.53. The fourth-order valence-electron chi connectivity index (χ4n) is 2.19. The second-order valence-electron chi connectivity index (χ2n) is 4.31. The molecule has 2 atom stereocenters. The Balaban J connectivity index is 1.84. The average Bonchev–Trinajstić information content (AvgIpc) is 2.88. The summed E-state index contributed by atoms with van der Waals surface area (Å²) in [6.45, 7) is 4.11. The van der Waals surface area contributed by atoms with Gasteiger partial charge in [-0.25, -0.2) is 4.98 Å². The predicted octanol–water partition coefficient (Wildman–Crippen LogP) is 2.86. The van der Waals surface area contributed by atoms with E-state index in [-0.39, 0.29) is 5.91 Å². The van der Waals surface area contributed by atoms with Gasteiger partial charge in [0.2, 0.25) is 0 Å². The number of hydrogen-bond acceptors (Lipinski definition) is 4. The average molecular weight is 270 g/mol. The zero-order valence-electron chi connectivity index (χ0n) is 10.2. The molecule has 0 bridgehead atoms. The van der Waals surface area contributed by atoms with Crippen LogP contribution < -0.4 is 5.32 Å². The number of thioether (sulfide) groups is 1. The van der Waals surface area contributed by atoms with Gasteiger partial charge in [0.1, 0.15) is 5.69 Å². The van der Waals surface area contributed by atoms with E-state index in [2.05, 4.69) is 17.2 Å². The van der Waals surface area contributed by atoms with Crippen molar-refractivity contribution in [3.05, 3.63) is 16.1 Å². The third kappa shape index (κ3) is 3.45. The van der Waals surface area contributed by atoms with Gasteiger partial charge in [0.25, 0.3) is 5.91 Å². The molecule has 3 nitrogen and oxygen atoms in total. The van der Waals surface area contributed by atoms with Crippen LogP contribution in [0.2, 0.25) is 0 Å². The number of aromatic nitrogens is 1. The molecule has 0 aliphatic heterocycles. The Kier molecular flexibility index (Phi) is 4.45. The molecule has 1 N–H and O–H groups in total. The Labute approximate surface area is 110 Å². The zero-order chi connectivity index (χ0) is 12.3. The van der Waals surface area contributed by atoms with Crippen molar-refractivity contribution in [2.45, 2.75) is 44.4 Å². The summed E-state index contributed by atoms with van der Waals surface area (Å²) < 4.78 is 0. The molecule has 17 heavy (non-hydrogen) atoms. The molecule has 1 aromatic heterocycles. The van der Waals surface area contributed by atoms with Crippen molar-refractivity contribution >= 4 is 29.0 Å². The van der Waals surface area contributed by atoms with Crippen LogP contribution in [0.1, 0.15) is 41.7 Å². The molecule has 1 saturated carbocycles. The van der Waals surface area contributed by atoms with Gasteiger partial charge in [-0.2, -0.15) is 11.8 Å². The van der Waals surface area contributed by atoms with Crippen LogP contribution in [0.5, 0.6) is 0 Å². The van der Waals surface area contributed by atoms with Crippen LogP contribution in [0.3, 0.4) is 0 Å². The number of amides is 1. The molecule has 1 aliphatic carbocycles. The van der Waals surface area contributed by atoms with E-state index >= 15 is 0 Å². The maximum atomic E-state index is 11.9. The summed E-state index contributed by atoms with van der Waals surface area (Å²) in [4.78, 5) is 16.1. The quantitative estimate of drug-likeness (QED) is 0.914. The lowest BCUT2D eigenvalue weighted by atomic mass is 10.2. The van der Waals surface area contributed by atoms with Gasteiger partial charge in [0.05, 0.1) is 5.01 Å². The topological polar surface area (TPSA) is 42.0 Å². The van der Waals surface area contributed by atoms with Crippen LogP contribution in [0, 0.1) is 6.92 Å². The Morgan fingerprint density at radius 3 is 3.12 bits per heavy atom. The largest absolute Gasteiger partial charge is 0.348 e. The fraction of sp³-hybridized carbons (Fsp3) is 0.667. The lowest BCUT2D eigenvalue weighted by Crippen LogP contribution is -2.33. The van der Waals surface area contributed by atoms with Crippen molar-refractivity contribution in [2.75, 3.05) is 5.75 Å². The molecule has 2 rings (SSSR count). The first-order chi connectivity index (χ1) is 8.19. The second kappa shape index (κ2) is 5.87. The van der Waals surface area contributed by atoms with E-state index in [0.29, 0.717) is 11.7 Å². The van der Waals surface area contributed by atoms with Gasteiger partial charge in [-0.3, -0.25) is 4.79 Å². The van der Waals surface area contributed by atoms with Gasteiger partial charge in [0.15, 0.2) is 0 Å². The monoisotopic (exact) mass is 270 g/mol. The minimum Gasteiger partial charge on any atom is -0.348 e. The van der Waals surface area contributed by atoms with Crippen molar-refractivity contribution in [3.8, 4) is 0 Å². The highest BCUT2D eigenvalue weighted by Gasteiger charge is 2.26. The number of aryl methyl sites for hydroxylation is 1. The van der Waals surface area contributed by atoms with Gasteiger partial charge in [-0.05, 0) is 31.9 Å². The van der Waals surface area contributed by atoms with E-state index in [1.807, 2.05) is 24.1 Å². The maximum absolute atomic E-state index is 11.9. The number of nitrogens with zero attached hydrogens (tertiary/aromatic N) is 1. The highest BCUT2D eigenvalue weighted by molar-refractivity contribution is 7.99. The van der Waals surface area contributed by atoms with Crippen molar-refractivity contribution in [2.24, 2.45) is 0 Å². The molecule has 1 aromatic rings. The number of rotatable bonds is 4. The van der Waals surface area contributed by atoms with Gasteiger partial charge >= 0.3 is 0 Å². The number of nitrogens with one attached hydrogen (secondary N) is 1. The van der Waals surface area contributed by atoms with Crippen LogP contribution in [0.4, 0.5) is 0 Å². The zero-order valence-corrected chi connectivity index (χ0v) is 11.9. The standard InChI is InChI=1S/C12H18N2OS2/c1-3-16-10-5-4-9(6-10)14-12(15)11-7-17-8(2)13-11/h7,9-10H,3-6H2,1-2H3,(H,14,15)/t9-,10-/m0/s1. The van der Waals surface area contributed by atoms with Crippen molar-refractivity contribution < 1.29 is 4.79 Å². The molecular weight excluding hydrogens is 252 g/mol. The predicted molar refractivity (Wildman–Crippen MR) is 73.9 cm³/mol. The molecular formula is C12H18N2OS2. The van der Waals surface area contributed by atoms with E-state index in [4.69, 9.17) is 0 Å². The Morgan fingerprint density at radius 2 is 2.47 bits per heavy atom. The third-order valence-electron chi connectivity index (χ3n) is 2.97. The summed E-state index contributed by atoms with van der Waals surface area (Å²) in [6.07, 6.45) is 3.43. The first kappa shape index (κ1) is 12.9. The smallest absolute Gasteiger partial charge is 0.270 e. The molecule has 1 amide bonds. The van der Waals surface area contributed by atoms with Crippen molar-refractivity contribution in [1.29, 1.82) is 0 Å². The number of carbonyl (C=O) groups excluding carboxylic acids is 1. The Hall–Kier alpha value is -0.550. The van der Waals surface area contributed by atoms with E-state index in [0.717, 1.165) is 28.9 Å². The van der Waals surface area contributed by atoms with Crippen LogP contribution >= 0.6 is 23.1 Å². The summed E-state index contributed by atoms with van der Waals surface area (Å²) in [5.41, 5.74) is 0.569. The van der Waals surface area contributed by atoms with E-state index in [9.17, 15) is 4.79 Å². The molecule has 0 unspecified atom stereocenters. The molecule has 5 heteroatoms. The lowest BCUT2D eigenvalue weighted by Gasteiger charge is -2.11. The van der Waals surface area contributed by atoms with Crippen LogP contribution in [-0.2, 0) is 0 Å². The second-order valence-corrected chi connectivity index (χ2v) is 6.95. The Bertz CT molecular complexity index is 392. The number of thiazole rings is 1. The highest BCUT2D eigenvalue weighted by Crippen LogP contribution is 2.29. The van der Waals surface area contributed by atoms with Crippen LogP contribution in [0.15, 0.2) is 5.38 Å². The minimum absolute atomic E-state index is 0.0125. The molecule has 1 aliphatic rings. The molecule has 94 valence electrons. The molecule has 0 spiro atoms. The van der Waals surface area contributed by atoms with Gasteiger partial charge in [0, 0.05) is 16.7 Å². The summed E-state index contributed by atoms with van der Waals surface area (Å²) in [5, 5.41) is 6.59. The lowest BCUT2D eigenvalue weighted by molar-refractivity contribution is 0.0933. The van der Waals surface area contributed by atoms with E-state index in [1.54, 1.807) is 0 Å². The number of carbonyl (C=O) groups is 1. The first-order valence-electron chi connectivity index (χ1n) is 6.03. The van der Waals surface area contributed by atoms with Gasteiger partial charge in [-0.15, -0.1) is 11.3 Å². The van der Waals surface area contributed by atoms with E-state index < -0.39 is 0 Å². The normalized spacial score (nSPS) is 23.9. The molecule has 0 aromatic carbocycles. The minimum atomic E-state index is -0.0125. The van der Waals surface area contributed by atoms with Crippen LogP contribution in [0.25, 0.3) is 0 Å². The number of hydrogen-bond donors (Lipinski definition) is 1. The maximum Gasteiger partial charge on any atom is 0.270 e. The SMILES string of the molecule is CCS[C@H]1CC[C@H](NC(=O)c2csc(C)n2)C1. The molecule has 0 radical (unpaired) electrons. The van der Waals surface area contributed by atoms with Gasteiger partial charge < -0.3 is 5.32 Å². The van der Waals surface area contributed by atoms with E-state index in [1.165, 1.54) is 17.8 Å². The van der Waals surface area contributed by atoms with Gasteiger partial charge in [-0.1, -0.05) is 6.92 Å².